The molecule has 1 N–H and O–H groups in total. The highest BCUT2D eigenvalue weighted by molar-refractivity contribution is 5.64. The van der Waals surface area contributed by atoms with E-state index in [1.165, 1.54) is 23.6 Å². The van der Waals surface area contributed by atoms with Gasteiger partial charge >= 0.3 is 0 Å². The van der Waals surface area contributed by atoms with E-state index >= 15 is 0 Å². The lowest BCUT2D eigenvalue weighted by molar-refractivity contribution is 0.841. The SMILES string of the molecule is Cc1nc(NC2CC2)c2ncc(C#N)n2n1. The molecule has 6 nitrogen and oxygen atoms in total. The lowest BCUT2D eigenvalue weighted by atomic mass is 10.5. The second-order valence-corrected chi connectivity index (χ2v) is 3.92. The summed E-state index contributed by atoms with van der Waals surface area (Å²) in [5.74, 6) is 1.35. The first-order valence-corrected chi connectivity index (χ1v) is 5.17. The van der Waals surface area contributed by atoms with Gasteiger partial charge in [0.1, 0.15) is 11.9 Å². The van der Waals surface area contributed by atoms with E-state index in [2.05, 4.69) is 26.5 Å². The highest BCUT2D eigenvalue weighted by Gasteiger charge is 2.23. The summed E-state index contributed by atoms with van der Waals surface area (Å²) in [6.07, 6.45) is 3.85. The molecule has 6 heteroatoms. The highest BCUT2D eigenvalue weighted by atomic mass is 15.3. The molecule has 2 aromatic heterocycles. The van der Waals surface area contributed by atoms with Gasteiger partial charge < -0.3 is 5.32 Å². The first-order valence-electron chi connectivity index (χ1n) is 5.17. The number of rotatable bonds is 2. The summed E-state index contributed by atoms with van der Waals surface area (Å²) in [6.45, 7) is 1.80. The minimum Gasteiger partial charge on any atom is -0.364 e. The van der Waals surface area contributed by atoms with Crippen LogP contribution in [0, 0.1) is 18.3 Å². The molecule has 0 atom stereocenters. The van der Waals surface area contributed by atoms with E-state index in [0.717, 1.165) is 5.82 Å². The lowest BCUT2D eigenvalue weighted by Crippen LogP contribution is -2.09. The zero-order chi connectivity index (χ0) is 11.1. The van der Waals surface area contributed by atoms with Crippen molar-refractivity contribution in [3.8, 4) is 6.07 Å². The fourth-order valence-corrected chi connectivity index (χ4v) is 1.58. The topological polar surface area (TPSA) is 78.9 Å². The van der Waals surface area contributed by atoms with Crippen LogP contribution in [0.25, 0.3) is 5.65 Å². The van der Waals surface area contributed by atoms with Gasteiger partial charge in [-0.1, -0.05) is 0 Å². The molecular weight excluding hydrogens is 204 g/mol. The molecule has 0 unspecified atom stereocenters. The van der Waals surface area contributed by atoms with Gasteiger partial charge in [-0.3, -0.25) is 0 Å². The molecule has 0 amide bonds. The number of anilines is 1. The smallest absolute Gasteiger partial charge is 0.198 e. The molecule has 80 valence electrons. The van der Waals surface area contributed by atoms with Crippen molar-refractivity contribution in [2.75, 3.05) is 5.32 Å². The largest absolute Gasteiger partial charge is 0.364 e. The summed E-state index contributed by atoms with van der Waals surface area (Å²) in [5.41, 5.74) is 1.05. The molecular formula is C10H10N6. The van der Waals surface area contributed by atoms with Crippen LogP contribution in [-0.2, 0) is 0 Å². The van der Waals surface area contributed by atoms with Crippen molar-refractivity contribution in [2.45, 2.75) is 25.8 Å². The first-order chi connectivity index (χ1) is 7.78. The van der Waals surface area contributed by atoms with Gasteiger partial charge in [0.25, 0.3) is 0 Å². The van der Waals surface area contributed by atoms with E-state index in [1.54, 1.807) is 6.92 Å². The van der Waals surface area contributed by atoms with Gasteiger partial charge in [0.2, 0.25) is 0 Å². The van der Waals surface area contributed by atoms with Crippen LogP contribution in [0.4, 0.5) is 5.82 Å². The van der Waals surface area contributed by atoms with Crippen LogP contribution >= 0.6 is 0 Å². The van der Waals surface area contributed by atoms with Gasteiger partial charge in [-0.05, 0) is 19.8 Å². The Labute approximate surface area is 91.9 Å². The van der Waals surface area contributed by atoms with Crippen LogP contribution < -0.4 is 5.32 Å². The van der Waals surface area contributed by atoms with Crippen molar-refractivity contribution < 1.29 is 0 Å². The normalized spacial score (nSPS) is 15.0. The quantitative estimate of drug-likeness (QED) is 0.802. The second kappa shape index (κ2) is 3.17. The molecule has 3 rings (SSSR count). The summed E-state index contributed by atoms with van der Waals surface area (Å²) >= 11 is 0. The zero-order valence-electron chi connectivity index (χ0n) is 8.80. The molecule has 16 heavy (non-hydrogen) atoms. The standard InChI is InChI=1S/C10H10N6/c1-6-13-9(14-7-2-3-7)10-12-5-8(4-11)16(10)15-6/h5,7H,2-3H2,1H3,(H,13,14,15). The van der Waals surface area contributed by atoms with E-state index in [1.807, 2.05) is 0 Å². The van der Waals surface area contributed by atoms with E-state index in [-0.39, 0.29) is 0 Å². The zero-order valence-corrected chi connectivity index (χ0v) is 8.80. The van der Waals surface area contributed by atoms with E-state index in [0.29, 0.717) is 23.2 Å². The van der Waals surface area contributed by atoms with Crippen LogP contribution in [0.3, 0.4) is 0 Å². The summed E-state index contributed by atoms with van der Waals surface area (Å²) in [5, 5.41) is 16.4. The average molecular weight is 214 g/mol. The molecule has 0 radical (unpaired) electrons. The van der Waals surface area contributed by atoms with Crippen LogP contribution in [0.2, 0.25) is 0 Å². The molecule has 2 aromatic rings. The molecule has 2 heterocycles. The van der Waals surface area contributed by atoms with Crippen molar-refractivity contribution in [1.29, 1.82) is 5.26 Å². The Balaban J connectivity index is 2.18. The third kappa shape index (κ3) is 1.37. The van der Waals surface area contributed by atoms with Gasteiger partial charge in [-0.25, -0.2) is 9.97 Å². The molecule has 1 aliphatic rings. The fourth-order valence-electron chi connectivity index (χ4n) is 1.58. The van der Waals surface area contributed by atoms with Gasteiger partial charge in [-0.15, -0.1) is 0 Å². The van der Waals surface area contributed by atoms with Crippen LogP contribution in [0.5, 0.6) is 0 Å². The Kier molecular flexibility index (Phi) is 1.80. The predicted octanol–water partition coefficient (Wildman–Crippen LogP) is 0.879. The van der Waals surface area contributed by atoms with Crippen molar-refractivity contribution in [2.24, 2.45) is 0 Å². The van der Waals surface area contributed by atoms with Crippen molar-refractivity contribution in [3.63, 3.8) is 0 Å². The lowest BCUT2D eigenvalue weighted by Gasteiger charge is -2.05. The van der Waals surface area contributed by atoms with Crippen LogP contribution in [0.1, 0.15) is 24.4 Å². The number of hydrogen-bond acceptors (Lipinski definition) is 5. The van der Waals surface area contributed by atoms with Gasteiger partial charge in [-0.2, -0.15) is 14.9 Å². The van der Waals surface area contributed by atoms with E-state index < -0.39 is 0 Å². The summed E-state index contributed by atoms with van der Waals surface area (Å²) in [7, 11) is 0. The number of imidazole rings is 1. The van der Waals surface area contributed by atoms with Crippen LogP contribution in [0.15, 0.2) is 6.20 Å². The second-order valence-electron chi connectivity index (χ2n) is 3.92. The maximum Gasteiger partial charge on any atom is 0.198 e. The summed E-state index contributed by atoms with van der Waals surface area (Å²) in [4.78, 5) is 8.48. The molecule has 0 saturated heterocycles. The first kappa shape index (κ1) is 9.09. The number of hydrogen-bond donors (Lipinski definition) is 1. The van der Waals surface area contributed by atoms with Gasteiger partial charge in [0.15, 0.2) is 17.2 Å². The molecule has 1 saturated carbocycles. The third-order valence-corrected chi connectivity index (χ3v) is 2.50. The minimum absolute atomic E-state index is 0.430. The van der Waals surface area contributed by atoms with Crippen molar-refractivity contribution in [1.82, 2.24) is 19.6 Å². The molecule has 1 aliphatic carbocycles. The summed E-state index contributed by atoms with van der Waals surface area (Å²) in [6, 6.07) is 2.56. The highest BCUT2D eigenvalue weighted by Crippen LogP contribution is 2.25. The third-order valence-electron chi connectivity index (χ3n) is 2.50. The van der Waals surface area contributed by atoms with Crippen molar-refractivity contribution in [3.05, 3.63) is 17.7 Å². The molecule has 0 aromatic carbocycles. The monoisotopic (exact) mass is 214 g/mol. The number of nitrogens with one attached hydrogen (secondary N) is 1. The van der Waals surface area contributed by atoms with E-state index in [9.17, 15) is 0 Å². The number of nitrogens with zero attached hydrogens (tertiary/aromatic N) is 5. The van der Waals surface area contributed by atoms with Gasteiger partial charge in [0.05, 0.1) is 6.20 Å². The average Bonchev–Trinajstić information content (AvgIpc) is 2.96. The Morgan fingerprint density at radius 1 is 1.56 bits per heavy atom. The predicted molar refractivity (Wildman–Crippen MR) is 56.9 cm³/mol. The Bertz CT molecular complexity index is 589. The van der Waals surface area contributed by atoms with Gasteiger partial charge in [0, 0.05) is 6.04 Å². The Morgan fingerprint density at radius 2 is 2.38 bits per heavy atom. The molecule has 0 bridgehead atoms. The number of aromatic nitrogens is 4. The fraction of sp³-hybridized carbons (Fsp3) is 0.400. The maximum atomic E-state index is 8.91. The Morgan fingerprint density at radius 3 is 3.06 bits per heavy atom. The summed E-state index contributed by atoms with van der Waals surface area (Å²) < 4.78 is 1.53. The van der Waals surface area contributed by atoms with Crippen molar-refractivity contribution >= 4 is 11.5 Å². The minimum atomic E-state index is 0.430. The molecule has 1 fully saturated rings. The molecule has 0 spiro atoms. The molecule has 0 aliphatic heterocycles. The number of fused-ring (bicyclic) bond motifs is 1. The van der Waals surface area contributed by atoms with E-state index in [4.69, 9.17) is 5.26 Å². The number of aryl methyl sites for hydroxylation is 1. The van der Waals surface area contributed by atoms with Crippen LogP contribution in [-0.4, -0.2) is 25.6 Å². The number of nitriles is 1. The maximum absolute atomic E-state index is 8.91. The Hall–Kier alpha value is -2.16.